The van der Waals surface area contributed by atoms with E-state index in [2.05, 4.69) is 10.6 Å². The summed E-state index contributed by atoms with van der Waals surface area (Å²) in [6.45, 7) is 1.96. The van der Waals surface area contributed by atoms with Crippen LogP contribution in [0.15, 0.2) is 71.6 Å². The Hall–Kier alpha value is -3.19. The van der Waals surface area contributed by atoms with Crippen LogP contribution in [0.5, 0.6) is 0 Å². The van der Waals surface area contributed by atoms with E-state index < -0.39 is 17.5 Å². The van der Waals surface area contributed by atoms with Gasteiger partial charge in [0.1, 0.15) is 11.6 Å². The smallest absolute Gasteiger partial charge is 0.256 e. The quantitative estimate of drug-likeness (QED) is 0.543. The number of hydrogen-bond donors (Lipinski definition) is 2. The van der Waals surface area contributed by atoms with Crippen LogP contribution in [0.1, 0.15) is 15.9 Å². The van der Waals surface area contributed by atoms with Gasteiger partial charge in [0.05, 0.1) is 17.0 Å². The third kappa shape index (κ3) is 5.65. The molecule has 0 atom stereocenters. The number of carbonyl (C=O) groups excluding carboxylic acids is 2. The van der Waals surface area contributed by atoms with Crippen LogP contribution >= 0.6 is 11.8 Å². The minimum absolute atomic E-state index is 0.0898. The second kappa shape index (κ2) is 9.34. The molecule has 0 bridgehead atoms. The first-order valence-electron chi connectivity index (χ1n) is 8.77. The number of amides is 2. The van der Waals surface area contributed by atoms with Crippen LogP contribution in [0.4, 0.5) is 20.2 Å². The lowest BCUT2D eigenvalue weighted by molar-refractivity contribution is -0.113. The van der Waals surface area contributed by atoms with E-state index in [0.29, 0.717) is 10.6 Å². The zero-order chi connectivity index (χ0) is 20.8. The van der Waals surface area contributed by atoms with Crippen molar-refractivity contribution in [1.82, 2.24) is 0 Å². The Morgan fingerprint density at radius 1 is 0.931 bits per heavy atom. The van der Waals surface area contributed by atoms with Gasteiger partial charge in [0.25, 0.3) is 5.91 Å². The fourth-order valence-electron chi connectivity index (χ4n) is 2.54. The summed E-state index contributed by atoms with van der Waals surface area (Å²) in [6.07, 6.45) is 0. The molecule has 0 saturated heterocycles. The summed E-state index contributed by atoms with van der Waals surface area (Å²) in [7, 11) is 0. The molecule has 2 amide bonds. The molecular weight excluding hydrogens is 394 g/mol. The summed E-state index contributed by atoms with van der Waals surface area (Å²) in [6, 6.07) is 16.9. The van der Waals surface area contributed by atoms with Gasteiger partial charge in [0, 0.05) is 16.6 Å². The second-order valence-corrected chi connectivity index (χ2v) is 7.29. The van der Waals surface area contributed by atoms with Crippen LogP contribution in [0.2, 0.25) is 0 Å². The zero-order valence-electron chi connectivity index (χ0n) is 15.5. The Morgan fingerprint density at radius 3 is 2.41 bits per heavy atom. The lowest BCUT2D eigenvalue weighted by Crippen LogP contribution is -2.16. The molecule has 0 aromatic heterocycles. The van der Waals surface area contributed by atoms with E-state index in [1.54, 1.807) is 24.3 Å². The van der Waals surface area contributed by atoms with Gasteiger partial charge in [-0.3, -0.25) is 9.59 Å². The topological polar surface area (TPSA) is 58.2 Å². The van der Waals surface area contributed by atoms with E-state index in [1.165, 1.54) is 11.8 Å². The molecule has 4 nitrogen and oxygen atoms in total. The van der Waals surface area contributed by atoms with Gasteiger partial charge in [-0.15, -0.1) is 11.8 Å². The van der Waals surface area contributed by atoms with Crippen molar-refractivity contribution in [2.75, 3.05) is 16.4 Å². The van der Waals surface area contributed by atoms with Crippen molar-refractivity contribution in [3.05, 3.63) is 89.5 Å². The minimum Gasteiger partial charge on any atom is -0.325 e. The first kappa shape index (κ1) is 20.5. The minimum atomic E-state index is -0.734. The van der Waals surface area contributed by atoms with Gasteiger partial charge in [-0.1, -0.05) is 29.8 Å². The standard InChI is InChI=1S/C22H18F2N2O2S/c1-14-6-9-16(10-7-14)25-21(27)13-29-20-5-3-2-4-17(20)22(28)26-19-12-15(23)8-11-18(19)24/h2-12H,13H2,1H3,(H,25,27)(H,26,28). The van der Waals surface area contributed by atoms with Gasteiger partial charge in [0.15, 0.2) is 0 Å². The van der Waals surface area contributed by atoms with Crippen LogP contribution in [0.3, 0.4) is 0 Å². The Morgan fingerprint density at radius 2 is 1.66 bits per heavy atom. The molecule has 0 aliphatic rings. The summed E-state index contributed by atoms with van der Waals surface area (Å²) in [5.74, 6) is -2.10. The van der Waals surface area contributed by atoms with Crippen molar-refractivity contribution in [3.63, 3.8) is 0 Å². The molecule has 0 radical (unpaired) electrons. The molecule has 3 aromatic rings. The molecule has 0 aliphatic carbocycles. The number of anilines is 2. The van der Waals surface area contributed by atoms with Gasteiger partial charge in [-0.25, -0.2) is 8.78 Å². The number of thioether (sulfide) groups is 1. The SMILES string of the molecule is Cc1ccc(NC(=O)CSc2ccccc2C(=O)Nc2cc(F)ccc2F)cc1. The number of benzene rings is 3. The average Bonchev–Trinajstić information content (AvgIpc) is 2.71. The van der Waals surface area contributed by atoms with Crippen LogP contribution < -0.4 is 10.6 Å². The molecule has 2 N–H and O–H groups in total. The zero-order valence-corrected chi connectivity index (χ0v) is 16.4. The highest BCUT2D eigenvalue weighted by Crippen LogP contribution is 2.25. The number of carbonyl (C=O) groups is 2. The molecule has 29 heavy (non-hydrogen) atoms. The normalized spacial score (nSPS) is 10.4. The fourth-order valence-corrected chi connectivity index (χ4v) is 3.39. The molecule has 148 valence electrons. The second-order valence-electron chi connectivity index (χ2n) is 6.28. The van der Waals surface area contributed by atoms with Gasteiger partial charge >= 0.3 is 0 Å². The molecule has 3 rings (SSSR count). The lowest BCUT2D eigenvalue weighted by Gasteiger charge is -2.11. The van der Waals surface area contributed by atoms with Crippen LogP contribution in [0, 0.1) is 18.6 Å². The van der Waals surface area contributed by atoms with Gasteiger partial charge in [-0.05, 0) is 43.3 Å². The Balaban J connectivity index is 1.66. The number of hydrogen-bond acceptors (Lipinski definition) is 3. The highest BCUT2D eigenvalue weighted by atomic mass is 32.2. The Bertz CT molecular complexity index is 1040. The maximum atomic E-state index is 13.8. The third-order valence-electron chi connectivity index (χ3n) is 4.00. The van der Waals surface area contributed by atoms with Gasteiger partial charge < -0.3 is 10.6 Å². The van der Waals surface area contributed by atoms with Gasteiger partial charge in [-0.2, -0.15) is 0 Å². The van der Waals surface area contributed by atoms with Crippen LogP contribution in [0.25, 0.3) is 0 Å². The highest BCUT2D eigenvalue weighted by molar-refractivity contribution is 8.00. The van der Waals surface area contributed by atoms with E-state index in [9.17, 15) is 18.4 Å². The monoisotopic (exact) mass is 412 g/mol. The Labute approximate surface area is 171 Å². The molecule has 0 saturated carbocycles. The third-order valence-corrected chi connectivity index (χ3v) is 5.08. The van der Waals surface area contributed by atoms with Crippen molar-refractivity contribution in [2.24, 2.45) is 0 Å². The number of aryl methyl sites for hydroxylation is 1. The van der Waals surface area contributed by atoms with Crippen molar-refractivity contribution < 1.29 is 18.4 Å². The number of rotatable bonds is 6. The first-order chi connectivity index (χ1) is 13.9. The average molecular weight is 412 g/mol. The molecule has 0 unspecified atom stereocenters. The molecule has 3 aromatic carbocycles. The summed E-state index contributed by atoms with van der Waals surface area (Å²) < 4.78 is 27.1. The van der Waals surface area contributed by atoms with Crippen molar-refractivity contribution in [3.8, 4) is 0 Å². The Kier molecular flexibility index (Phi) is 6.61. The summed E-state index contributed by atoms with van der Waals surface area (Å²) in [4.78, 5) is 25.3. The largest absolute Gasteiger partial charge is 0.325 e. The van der Waals surface area contributed by atoms with Crippen molar-refractivity contribution in [1.29, 1.82) is 0 Å². The van der Waals surface area contributed by atoms with E-state index >= 15 is 0 Å². The van der Waals surface area contributed by atoms with E-state index in [4.69, 9.17) is 0 Å². The highest BCUT2D eigenvalue weighted by Gasteiger charge is 2.15. The summed E-state index contributed by atoms with van der Waals surface area (Å²) >= 11 is 1.18. The molecule has 0 fully saturated rings. The molecule has 0 heterocycles. The maximum Gasteiger partial charge on any atom is 0.256 e. The summed E-state index contributed by atoms with van der Waals surface area (Å²) in [5, 5.41) is 5.16. The van der Waals surface area contributed by atoms with Crippen molar-refractivity contribution in [2.45, 2.75) is 11.8 Å². The molecule has 7 heteroatoms. The predicted octanol–water partition coefficient (Wildman–Crippen LogP) is 5.26. The van der Waals surface area contributed by atoms with E-state index in [0.717, 1.165) is 23.8 Å². The fraction of sp³-hybridized carbons (Fsp3) is 0.0909. The molecule has 0 aliphatic heterocycles. The van der Waals surface area contributed by atoms with Crippen LogP contribution in [-0.4, -0.2) is 17.6 Å². The predicted molar refractivity (Wildman–Crippen MR) is 111 cm³/mol. The van der Waals surface area contributed by atoms with Crippen LogP contribution in [-0.2, 0) is 4.79 Å². The van der Waals surface area contributed by atoms with Crippen molar-refractivity contribution >= 4 is 35.0 Å². The number of nitrogens with one attached hydrogen (secondary N) is 2. The lowest BCUT2D eigenvalue weighted by atomic mass is 10.2. The van der Waals surface area contributed by atoms with E-state index in [-0.39, 0.29) is 22.9 Å². The molecular formula is C22H18F2N2O2S. The maximum absolute atomic E-state index is 13.8. The van der Waals surface area contributed by atoms with Gasteiger partial charge in [0.2, 0.25) is 5.91 Å². The molecule has 0 spiro atoms. The first-order valence-corrected chi connectivity index (χ1v) is 9.75. The summed E-state index contributed by atoms with van der Waals surface area (Å²) in [5.41, 5.74) is 1.80. The number of halogens is 2. The van der Waals surface area contributed by atoms with E-state index in [1.807, 2.05) is 31.2 Å².